The number of hydrogen-bond acceptors (Lipinski definition) is 8. The van der Waals surface area contributed by atoms with Crippen LogP contribution in [-0.4, -0.2) is 58.5 Å². The number of benzene rings is 2. The van der Waals surface area contributed by atoms with Gasteiger partial charge in [0.15, 0.2) is 12.3 Å². The minimum atomic E-state index is -1.72. The van der Waals surface area contributed by atoms with Crippen molar-refractivity contribution in [2.24, 2.45) is 0 Å². The molecule has 2 N–H and O–H groups in total. The van der Waals surface area contributed by atoms with Crippen LogP contribution in [-0.2, 0) is 14.2 Å². The van der Waals surface area contributed by atoms with Gasteiger partial charge >= 0.3 is 11.7 Å². The number of esters is 1. The topological polar surface area (TPSA) is 129 Å². The number of ether oxygens (including phenoxy) is 3. The van der Waals surface area contributed by atoms with Crippen LogP contribution in [0.15, 0.2) is 77.7 Å². The zero-order valence-corrected chi connectivity index (χ0v) is 17.8. The molecule has 34 heavy (non-hydrogen) atoms. The molecule has 1 fully saturated rings. The van der Waals surface area contributed by atoms with Crippen LogP contribution in [0.5, 0.6) is 0 Å². The first kappa shape index (κ1) is 20.7. The van der Waals surface area contributed by atoms with Crippen LogP contribution in [0.1, 0.15) is 29.7 Å². The Labute approximate surface area is 197 Å². The van der Waals surface area contributed by atoms with Crippen LogP contribution in [0, 0.1) is 0 Å². The minimum absolute atomic E-state index is 0.00470. The first-order chi connectivity index (χ1) is 17.3. The zero-order chi connectivity index (χ0) is 25.7. The van der Waals surface area contributed by atoms with E-state index in [4.69, 9.17) is 17.0 Å². The van der Waals surface area contributed by atoms with Crippen molar-refractivity contribution in [2.75, 3.05) is 19.0 Å². The Bertz CT molecular complexity index is 1260. The van der Waals surface area contributed by atoms with Gasteiger partial charge in [0, 0.05) is 18.8 Å². The van der Waals surface area contributed by atoms with Gasteiger partial charge in [0.2, 0.25) is 0 Å². The fourth-order valence-corrected chi connectivity index (χ4v) is 3.50. The summed E-state index contributed by atoms with van der Waals surface area (Å²) < 4.78 is 31.9. The number of rotatable bonds is 6. The molecule has 0 saturated carbocycles. The number of aliphatic hydroxyl groups excluding tert-OH is 1. The van der Waals surface area contributed by atoms with Crippen LogP contribution in [0.2, 0.25) is 0 Å². The smallest absolute Gasteiger partial charge is 0.351 e. The van der Waals surface area contributed by atoms with Gasteiger partial charge in [-0.05, 0) is 30.3 Å². The quantitative estimate of drug-likeness (QED) is 0.523. The van der Waals surface area contributed by atoms with Crippen molar-refractivity contribution in [1.82, 2.24) is 9.55 Å². The van der Waals surface area contributed by atoms with E-state index in [1.54, 1.807) is 48.5 Å². The van der Waals surface area contributed by atoms with E-state index < -0.39 is 49.2 Å². The van der Waals surface area contributed by atoms with Crippen LogP contribution < -0.4 is 11.0 Å². The maximum absolute atomic E-state index is 12.7. The highest BCUT2D eigenvalue weighted by atomic mass is 16.6. The summed E-state index contributed by atoms with van der Waals surface area (Å²) in [5.41, 5.74) is -0.237. The molecule has 0 aliphatic carbocycles. The Hall–Kier alpha value is -3.86. The summed E-state index contributed by atoms with van der Waals surface area (Å²) >= 11 is 0. The monoisotopic (exact) mass is 468 g/mol. The largest absolute Gasteiger partial charge is 0.453 e. The highest BCUT2D eigenvalue weighted by Gasteiger charge is 2.43. The van der Waals surface area contributed by atoms with Crippen molar-refractivity contribution in [2.45, 2.75) is 24.5 Å². The molecular formula is C24H23N3O7. The lowest BCUT2D eigenvalue weighted by Gasteiger charge is -2.39. The van der Waals surface area contributed by atoms with Gasteiger partial charge in [0.1, 0.15) is 18.0 Å². The van der Waals surface area contributed by atoms with E-state index in [-0.39, 0.29) is 18.0 Å². The van der Waals surface area contributed by atoms with Gasteiger partial charge in [0.25, 0.3) is 5.91 Å². The molecule has 2 heterocycles. The number of carbonyl (C=O) groups is 2. The van der Waals surface area contributed by atoms with E-state index in [2.05, 4.69) is 10.3 Å². The number of nitrogens with one attached hydrogen (secondary N) is 1. The molecule has 1 aromatic heterocycles. The second-order valence-electron chi connectivity index (χ2n) is 7.45. The molecule has 4 rings (SSSR count). The number of anilines is 1. The SMILES string of the molecule is [2H]C([3H])OC1COC(n2ccc(NC(=O)c3ccccc3)nc2=O)C(O)C1OC(=O)c1ccccc1. The van der Waals surface area contributed by atoms with E-state index in [9.17, 15) is 19.5 Å². The van der Waals surface area contributed by atoms with Crippen molar-refractivity contribution >= 4 is 17.7 Å². The standard InChI is InChI=1S/C24H23N3O7/c1-32-17-14-33-22(19(28)20(17)34-23(30)16-10-6-3-7-11-16)27-13-12-18(26-24(27)31)25-21(29)15-8-4-2-5-9-15/h2-13,17,19-20,22,28H,14H2,1H3,(H,25,26,29,31)/i1TD. The Balaban J connectivity index is 1.53. The number of carbonyl (C=O) groups excluding carboxylic acids is 2. The Morgan fingerprint density at radius 2 is 1.85 bits per heavy atom. The number of nitrogens with zero attached hydrogens (tertiary/aromatic N) is 2. The molecule has 0 spiro atoms. The molecule has 1 saturated heterocycles. The first-order valence-corrected chi connectivity index (χ1v) is 10.3. The lowest BCUT2D eigenvalue weighted by molar-refractivity contribution is -0.218. The number of aromatic nitrogens is 2. The van der Waals surface area contributed by atoms with Crippen molar-refractivity contribution < 1.29 is 31.6 Å². The first-order valence-electron chi connectivity index (χ1n) is 11.5. The third kappa shape index (κ3) is 5.04. The highest BCUT2D eigenvalue weighted by molar-refractivity contribution is 6.03. The number of aliphatic hydroxyl groups is 1. The predicted octanol–water partition coefficient (Wildman–Crippen LogP) is 1.63. The second kappa shape index (κ2) is 10.4. The average molecular weight is 468 g/mol. The fraction of sp³-hybridized carbons (Fsp3) is 0.250. The van der Waals surface area contributed by atoms with E-state index in [1.165, 1.54) is 24.4 Å². The molecule has 176 valence electrons. The van der Waals surface area contributed by atoms with Gasteiger partial charge in [-0.2, -0.15) is 4.98 Å². The maximum atomic E-state index is 12.7. The molecule has 5 atom stereocenters. The number of hydrogen-bond donors (Lipinski definition) is 2. The van der Waals surface area contributed by atoms with Gasteiger partial charge in [-0.25, -0.2) is 9.59 Å². The van der Waals surface area contributed by atoms with Gasteiger partial charge in [-0.3, -0.25) is 9.36 Å². The molecule has 1 amide bonds. The molecule has 10 nitrogen and oxygen atoms in total. The maximum Gasteiger partial charge on any atom is 0.351 e. The van der Waals surface area contributed by atoms with Crippen LogP contribution in [0.4, 0.5) is 5.82 Å². The van der Waals surface area contributed by atoms with Crippen LogP contribution >= 0.6 is 0 Å². The van der Waals surface area contributed by atoms with E-state index in [0.29, 0.717) is 5.56 Å². The molecule has 10 heteroatoms. The third-order valence-corrected chi connectivity index (χ3v) is 5.24. The summed E-state index contributed by atoms with van der Waals surface area (Å²) in [4.78, 5) is 41.5. The van der Waals surface area contributed by atoms with Crippen LogP contribution in [0.25, 0.3) is 0 Å². The Morgan fingerprint density at radius 1 is 1.18 bits per heavy atom. The fourth-order valence-electron chi connectivity index (χ4n) is 3.50. The van der Waals surface area contributed by atoms with E-state index in [1.807, 2.05) is 0 Å². The van der Waals surface area contributed by atoms with Crippen molar-refractivity contribution in [3.05, 3.63) is 94.5 Å². The Morgan fingerprint density at radius 3 is 2.50 bits per heavy atom. The van der Waals surface area contributed by atoms with Crippen LogP contribution in [0.3, 0.4) is 0 Å². The van der Waals surface area contributed by atoms with Crippen molar-refractivity contribution in [1.29, 1.82) is 0 Å². The molecular weight excluding hydrogens is 442 g/mol. The molecule has 0 radical (unpaired) electrons. The van der Waals surface area contributed by atoms with E-state index >= 15 is 0 Å². The minimum Gasteiger partial charge on any atom is -0.453 e. The third-order valence-electron chi connectivity index (χ3n) is 5.24. The molecule has 1 aliphatic heterocycles. The summed E-state index contributed by atoms with van der Waals surface area (Å²) in [5, 5.41) is 13.5. The molecule has 5 unspecified atom stereocenters. The predicted molar refractivity (Wildman–Crippen MR) is 120 cm³/mol. The summed E-state index contributed by atoms with van der Waals surface area (Å²) in [7, 11) is -1.72. The molecule has 2 aromatic carbocycles. The van der Waals surface area contributed by atoms with E-state index in [0.717, 1.165) is 4.57 Å². The van der Waals surface area contributed by atoms with Crippen molar-refractivity contribution in [3.8, 4) is 0 Å². The Kier molecular flexibility index (Phi) is 6.33. The number of amides is 1. The summed E-state index contributed by atoms with van der Waals surface area (Å²) in [6.45, 7) is -0.276. The zero-order valence-electron chi connectivity index (χ0n) is 19.8. The molecule has 0 bridgehead atoms. The van der Waals surface area contributed by atoms with Gasteiger partial charge < -0.3 is 24.6 Å². The summed E-state index contributed by atoms with van der Waals surface area (Å²) in [6.07, 6.45) is -4.11. The summed E-state index contributed by atoms with van der Waals surface area (Å²) in [6, 6.07) is 17.8. The lowest BCUT2D eigenvalue weighted by atomic mass is 10.0. The molecule has 3 aromatic rings. The lowest BCUT2D eigenvalue weighted by Crippen LogP contribution is -2.54. The van der Waals surface area contributed by atoms with Gasteiger partial charge in [-0.15, -0.1) is 0 Å². The second-order valence-corrected chi connectivity index (χ2v) is 7.45. The highest BCUT2D eigenvalue weighted by Crippen LogP contribution is 2.27. The normalized spacial score (nSPS) is 23.8. The van der Waals surface area contributed by atoms with Gasteiger partial charge in [0.05, 0.1) is 14.9 Å². The average Bonchev–Trinajstić information content (AvgIpc) is 2.87. The number of methoxy groups -OCH3 is 1. The van der Waals surface area contributed by atoms with Gasteiger partial charge in [-0.1, -0.05) is 36.4 Å². The summed E-state index contributed by atoms with van der Waals surface area (Å²) in [5.74, 6) is -1.22. The molecule has 1 aliphatic rings. The van der Waals surface area contributed by atoms with Crippen molar-refractivity contribution in [3.63, 3.8) is 0 Å².